The Hall–Kier alpha value is -3.43. The van der Waals surface area contributed by atoms with E-state index in [1.165, 1.54) is 0 Å². The Morgan fingerprint density at radius 1 is 1.03 bits per heavy atom. The Bertz CT molecular complexity index is 1270. The third kappa shape index (κ3) is 5.94. The average Bonchev–Trinajstić information content (AvgIpc) is 3.36. The van der Waals surface area contributed by atoms with E-state index in [1.54, 1.807) is 11.8 Å². The number of rotatable bonds is 10. The first-order chi connectivity index (χ1) is 18.2. The molecule has 1 fully saturated rings. The molecule has 5 rings (SSSR count). The zero-order chi connectivity index (χ0) is 25.5. The van der Waals surface area contributed by atoms with Gasteiger partial charge >= 0.3 is 0 Å². The molecule has 9 heteroatoms. The number of anilines is 1. The number of fused-ring (bicyclic) bond motifs is 1. The topological polar surface area (TPSA) is 85.2 Å². The highest BCUT2D eigenvalue weighted by Gasteiger charge is 2.23. The molecule has 8 nitrogen and oxygen atoms in total. The van der Waals surface area contributed by atoms with E-state index in [1.807, 2.05) is 71.5 Å². The molecule has 0 unspecified atom stereocenters. The number of benzene rings is 2. The molecule has 1 amide bonds. The van der Waals surface area contributed by atoms with E-state index in [0.29, 0.717) is 26.3 Å². The molecule has 2 aromatic heterocycles. The van der Waals surface area contributed by atoms with E-state index < -0.39 is 0 Å². The lowest BCUT2D eigenvalue weighted by molar-refractivity contribution is -0.121. The summed E-state index contributed by atoms with van der Waals surface area (Å²) in [6.45, 7) is 6.08. The first-order valence-corrected chi connectivity index (χ1v) is 13.8. The maximum atomic E-state index is 13.4. The van der Waals surface area contributed by atoms with Crippen molar-refractivity contribution < 1.29 is 9.53 Å². The van der Waals surface area contributed by atoms with Crippen molar-refractivity contribution in [2.45, 2.75) is 31.0 Å². The molecule has 1 aliphatic heterocycles. The number of thioether (sulfide) groups is 1. The smallest absolute Gasteiger partial charge is 0.232 e. The lowest BCUT2D eigenvalue weighted by atomic mass is 9.90. The highest BCUT2D eigenvalue weighted by Crippen LogP contribution is 2.28. The second-order valence-corrected chi connectivity index (χ2v) is 9.99. The highest BCUT2D eigenvalue weighted by molar-refractivity contribution is 7.99. The molecular weight excluding hydrogens is 484 g/mol. The van der Waals surface area contributed by atoms with Crippen LogP contribution < -0.4 is 10.2 Å². The first kappa shape index (κ1) is 25.2. The van der Waals surface area contributed by atoms with Crippen molar-refractivity contribution >= 4 is 34.5 Å². The van der Waals surface area contributed by atoms with Crippen LogP contribution in [-0.4, -0.2) is 64.3 Å². The van der Waals surface area contributed by atoms with Crippen molar-refractivity contribution in [3.05, 3.63) is 78.0 Å². The number of hydrogen-bond acceptors (Lipinski definition) is 7. The van der Waals surface area contributed by atoms with Crippen molar-refractivity contribution in [3.8, 4) is 0 Å². The van der Waals surface area contributed by atoms with Crippen LogP contribution in [0.25, 0.3) is 11.0 Å². The van der Waals surface area contributed by atoms with Gasteiger partial charge in [0.1, 0.15) is 5.82 Å². The number of amides is 1. The van der Waals surface area contributed by atoms with E-state index >= 15 is 0 Å². The molecule has 4 aromatic rings. The molecule has 1 N–H and O–H groups in total. The van der Waals surface area contributed by atoms with Crippen LogP contribution in [0.5, 0.6) is 0 Å². The van der Waals surface area contributed by atoms with Crippen LogP contribution in [0.3, 0.4) is 0 Å². The number of carbonyl (C=O) groups excluding carboxylic acids is 1. The summed E-state index contributed by atoms with van der Waals surface area (Å²) in [6, 6.07) is 19.8. The largest absolute Gasteiger partial charge is 0.378 e. The van der Waals surface area contributed by atoms with E-state index in [9.17, 15) is 4.79 Å². The Morgan fingerprint density at radius 3 is 2.35 bits per heavy atom. The van der Waals surface area contributed by atoms with Gasteiger partial charge in [0.2, 0.25) is 5.91 Å². The fourth-order valence-corrected chi connectivity index (χ4v) is 5.22. The Balaban J connectivity index is 1.35. The summed E-state index contributed by atoms with van der Waals surface area (Å²) in [5.74, 6) is 1.47. The summed E-state index contributed by atoms with van der Waals surface area (Å²) in [7, 11) is 0. The maximum absolute atomic E-state index is 13.4. The summed E-state index contributed by atoms with van der Waals surface area (Å²) in [6.07, 6.45) is 2.89. The minimum Gasteiger partial charge on any atom is -0.378 e. The van der Waals surface area contributed by atoms with Crippen molar-refractivity contribution in [2.24, 2.45) is 0 Å². The fourth-order valence-electron chi connectivity index (χ4n) is 4.53. The van der Waals surface area contributed by atoms with Crippen LogP contribution in [0, 0.1) is 0 Å². The monoisotopic (exact) mass is 516 g/mol. The molecule has 1 saturated heterocycles. The van der Waals surface area contributed by atoms with Gasteiger partial charge in [0.05, 0.1) is 37.3 Å². The van der Waals surface area contributed by atoms with Gasteiger partial charge in [-0.1, -0.05) is 79.3 Å². The normalized spacial score (nSPS) is 13.8. The van der Waals surface area contributed by atoms with Crippen LogP contribution in [0.4, 0.5) is 5.82 Å². The fraction of sp³-hybridized carbons (Fsp3) is 0.357. The van der Waals surface area contributed by atoms with Crippen LogP contribution in [0.2, 0.25) is 0 Å². The average molecular weight is 517 g/mol. The van der Waals surface area contributed by atoms with Crippen LogP contribution in [-0.2, 0) is 16.1 Å². The Labute approximate surface area is 221 Å². The standard InChI is InChI=1S/C28H32N6O2S/c1-2-19-37-28-31-25(33-15-17-36-18-16-33)23-20-30-34(26(23)32-28)14-13-29-27(35)24(21-9-5-3-6-10-21)22-11-7-4-8-12-22/h3-12,20,24H,2,13-19H2,1H3,(H,29,35). The number of carbonyl (C=O) groups is 1. The predicted octanol–water partition coefficient (Wildman–Crippen LogP) is 4.11. The highest BCUT2D eigenvalue weighted by atomic mass is 32.2. The van der Waals surface area contributed by atoms with Crippen LogP contribution in [0.15, 0.2) is 72.0 Å². The first-order valence-electron chi connectivity index (χ1n) is 12.8. The van der Waals surface area contributed by atoms with Gasteiger partial charge in [-0.05, 0) is 17.5 Å². The molecule has 0 saturated carbocycles. The predicted molar refractivity (Wildman–Crippen MR) is 147 cm³/mol. The lowest BCUT2D eigenvalue weighted by Gasteiger charge is -2.28. The minimum atomic E-state index is -0.371. The molecule has 2 aromatic carbocycles. The number of nitrogens with one attached hydrogen (secondary N) is 1. The second kappa shape index (κ2) is 12.2. The number of morpholine rings is 1. The lowest BCUT2D eigenvalue weighted by Crippen LogP contribution is -2.37. The van der Waals surface area contributed by atoms with Gasteiger partial charge in [0, 0.05) is 25.4 Å². The maximum Gasteiger partial charge on any atom is 0.232 e. The van der Waals surface area contributed by atoms with Gasteiger partial charge in [-0.3, -0.25) is 4.79 Å². The van der Waals surface area contributed by atoms with Gasteiger partial charge in [-0.15, -0.1) is 0 Å². The molecular formula is C28H32N6O2S. The molecule has 37 heavy (non-hydrogen) atoms. The zero-order valence-electron chi connectivity index (χ0n) is 21.0. The van der Waals surface area contributed by atoms with E-state index in [0.717, 1.165) is 58.4 Å². The molecule has 1 aliphatic rings. The van der Waals surface area contributed by atoms with Crippen molar-refractivity contribution in [2.75, 3.05) is 43.5 Å². The van der Waals surface area contributed by atoms with Gasteiger partial charge in [0.25, 0.3) is 0 Å². The number of ether oxygens (including phenoxy) is 1. The second-order valence-electron chi connectivity index (χ2n) is 8.93. The molecule has 0 bridgehead atoms. The third-order valence-electron chi connectivity index (χ3n) is 6.35. The van der Waals surface area contributed by atoms with Gasteiger partial charge in [-0.2, -0.15) is 5.10 Å². The van der Waals surface area contributed by atoms with E-state index in [2.05, 4.69) is 22.2 Å². The molecule has 0 aliphatic carbocycles. The molecule has 0 atom stereocenters. The molecule has 0 spiro atoms. The van der Waals surface area contributed by atoms with Crippen LogP contribution in [0.1, 0.15) is 30.4 Å². The number of aromatic nitrogens is 4. The SMILES string of the molecule is CCCSc1nc(N2CCOCC2)c2cnn(CCNC(=O)C(c3ccccc3)c3ccccc3)c2n1. The summed E-state index contributed by atoms with van der Waals surface area (Å²) in [4.78, 5) is 25.3. The van der Waals surface area contributed by atoms with E-state index in [-0.39, 0.29) is 11.8 Å². The van der Waals surface area contributed by atoms with Crippen molar-refractivity contribution in [1.82, 2.24) is 25.1 Å². The van der Waals surface area contributed by atoms with E-state index in [4.69, 9.17) is 14.7 Å². The molecule has 3 heterocycles. The van der Waals surface area contributed by atoms with Crippen molar-refractivity contribution in [1.29, 1.82) is 0 Å². The number of nitrogens with zero attached hydrogens (tertiary/aromatic N) is 5. The minimum absolute atomic E-state index is 0.0308. The molecule has 0 radical (unpaired) electrons. The Kier molecular flexibility index (Phi) is 8.32. The Morgan fingerprint density at radius 2 is 1.70 bits per heavy atom. The summed E-state index contributed by atoms with van der Waals surface area (Å²) < 4.78 is 7.41. The van der Waals surface area contributed by atoms with Gasteiger partial charge in [-0.25, -0.2) is 14.6 Å². The zero-order valence-corrected chi connectivity index (χ0v) is 21.9. The van der Waals surface area contributed by atoms with Crippen LogP contribution >= 0.6 is 11.8 Å². The number of hydrogen-bond donors (Lipinski definition) is 1. The third-order valence-corrected chi connectivity index (χ3v) is 7.41. The van der Waals surface area contributed by atoms with Gasteiger partial charge in [0.15, 0.2) is 10.8 Å². The van der Waals surface area contributed by atoms with Gasteiger partial charge < -0.3 is 15.0 Å². The van der Waals surface area contributed by atoms with Crippen molar-refractivity contribution in [3.63, 3.8) is 0 Å². The summed E-state index contributed by atoms with van der Waals surface area (Å²) in [5.41, 5.74) is 2.74. The summed E-state index contributed by atoms with van der Waals surface area (Å²) >= 11 is 1.66. The quantitative estimate of drug-likeness (QED) is 0.251. The molecule has 192 valence electrons. The summed E-state index contributed by atoms with van der Waals surface area (Å²) in [5, 5.41) is 9.45.